The average Bonchev–Trinajstić information content (AvgIpc) is 2.07. The Kier molecular flexibility index (Phi) is 5.67. The minimum Gasteiger partial charge on any atom is -0.330 e. The third-order valence-electron chi connectivity index (χ3n) is 1.89. The predicted octanol–water partition coefficient (Wildman–Crippen LogP) is 2.45. The highest BCUT2D eigenvalue weighted by atomic mass is 35.5. The second-order valence-corrected chi connectivity index (χ2v) is 2.98. The smallest absolute Gasteiger partial charge is 0.126 e. The van der Waals surface area contributed by atoms with Gasteiger partial charge in [0.2, 0.25) is 0 Å². The van der Waals surface area contributed by atoms with Crippen molar-refractivity contribution in [2.45, 2.75) is 19.8 Å². The molecule has 1 rings (SSSR count). The molecule has 0 bridgehead atoms. The van der Waals surface area contributed by atoms with Crippen LogP contribution in [-0.4, -0.2) is 6.54 Å². The molecule has 0 atom stereocenters. The van der Waals surface area contributed by atoms with E-state index in [4.69, 9.17) is 5.73 Å². The highest BCUT2D eigenvalue weighted by molar-refractivity contribution is 5.85. The molecule has 0 aliphatic carbocycles. The van der Waals surface area contributed by atoms with Gasteiger partial charge in [-0.1, -0.05) is 12.1 Å². The van der Waals surface area contributed by atoms with Gasteiger partial charge in [-0.05, 0) is 43.5 Å². The second kappa shape index (κ2) is 5.95. The van der Waals surface area contributed by atoms with Crippen LogP contribution in [0.15, 0.2) is 18.2 Å². The van der Waals surface area contributed by atoms with Gasteiger partial charge in [-0.25, -0.2) is 4.39 Å². The zero-order valence-electron chi connectivity index (χ0n) is 7.72. The summed E-state index contributed by atoms with van der Waals surface area (Å²) in [6.07, 6.45) is 1.91. The van der Waals surface area contributed by atoms with Gasteiger partial charge in [-0.15, -0.1) is 12.4 Å². The molecule has 0 radical (unpaired) electrons. The van der Waals surface area contributed by atoms with Gasteiger partial charge in [0.25, 0.3) is 0 Å². The minimum absolute atomic E-state index is 0. The van der Waals surface area contributed by atoms with Crippen LogP contribution in [0.4, 0.5) is 4.39 Å². The molecule has 3 heteroatoms. The van der Waals surface area contributed by atoms with Crippen LogP contribution in [0.5, 0.6) is 0 Å². The summed E-state index contributed by atoms with van der Waals surface area (Å²) in [5.41, 5.74) is 7.25. The van der Waals surface area contributed by atoms with Gasteiger partial charge in [0.1, 0.15) is 5.82 Å². The molecule has 74 valence electrons. The topological polar surface area (TPSA) is 26.0 Å². The Balaban J connectivity index is 0.00000144. The molecule has 0 unspecified atom stereocenters. The molecule has 1 aromatic carbocycles. The molecule has 1 nitrogen and oxygen atoms in total. The van der Waals surface area contributed by atoms with Gasteiger partial charge >= 0.3 is 0 Å². The van der Waals surface area contributed by atoms with Crippen LogP contribution in [0.25, 0.3) is 0 Å². The maximum atomic E-state index is 12.8. The number of nitrogens with two attached hydrogens (primary N) is 1. The Morgan fingerprint density at radius 2 is 2.08 bits per heavy atom. The van der Waals surface area contributed by atoms with Crippen LogP contribution in [0.3, 0.4) is 0 Å². The molecule has 2 N–H and O–H groups in total. The first-order valence-corrected chi connectivity index (χ1v) is 4.19. The van der Waals surface area contributed by atoms with Crippen LogP contribution in [0.2, 0.25) is 0 Å². The Morgan fingerprint density at radius 3 is 2.62 bits per heavy atom. The highest BCUT2D eigenvalue weighted by Gasteiger charge is 1.97. The monoisotopic (exact) mass is 203 g/mol. The van der Waals surface area contributed by atoms with Crippen LogP contribution in [0.1, 0.15) is 17.5 Å². The standard InChI is InChI=1S/C10H14FN.ClH/c1-8-7-9(3-2-6-12)4-5-10(8)11;/h4-5,7H,2-3,6,12H2,1H3;1H. The maximum Gasteiger partial charge on any atom is 0.126 e. The number of hydrogen-bond acceptors (Lipinski definition) is 1. The summed E-state index contributed by atoms with van der Waals surface area (Å²) in [5.74, 6) is -0.133. The van der Waals surface area contributed by atoms with Crippen molar-refractivity contribution >= 4 is 12.4 Å². The summed E-state index contributed by atoms with van der Waals surface area (Å²) in [5, 5.41) is 0. The van der Waals surface area contributed by atoms with Crippen molar-refractivity contribution in [1.82, 2.24) is 0 Å². The van der Waals surface area contributed by atoms with E-state index in [9.17, 15) is 4.39 Å². The van der Waals surface area contributed by atoms with Crippen LogP contribution >= 0.6 is 12.4 Å². The molecule has 0 spiro atoms. The first-order valence-electron chi connectivity index (χ1n) is 4.19. The molecule has 0 aliphatic rings. The third kappa shape index (κ3) is 3.75. The maximum absolute atomic E-state index is 12.8. The van der Waals surface area contributed by atoms with Crippen molar-refractivity contribution in [2.24, 2.45) is 5.73 Å². The SMILES string of the molecule is Cc1cc(CCCN)ccc1F.Cl. The minimum atomic E-state index is -0.133. The third-order valence-corrected chi connectivity index (χ3v) is 1.89. The van der Waals surface area contributed by atoms with E-state index >= 15 is 0 Å². The lowest BCUT2D eigenvalue weighted by Gasteiger charge is -2.01. The molecule has 1 aromatic rings. The summed E-state index contributed by atoms with van der Waals surface area (Å²) in [6, 6.07) is 5.21. The van der Waals surface area contributed by atoms with Crippen LogP contribution in [-0.2, 0) is 6.42 Å². The van der Waals surface area contributed by atoms with E-state index in [2.05, 4.69) is 0 Å². The van der Waals surface area contributed by atoms with Crippen LogP contribution in [0, 0.1) is 12.7 Å². The van der Waals surface area contributed by atoms with Crippen LogP contribution < -0.4 is 5.73 Å². The fourth-order valence-electron chi connectivity index (χ4n) is 1.17. The largest absolute Gasteiger partial charge is 0.330 e. The second-order valence-electron chi connectivity index (χ2n) is 2.98. The van der Waals surface area contributed by atoms with Gasteiger partial charge in [-0.2, -0.15) is 0 Å². The van der Waals surface area contributed by atoms with E-state index in [-0.39, 0.29) is 18.2 Å². The number of halogens is 2. The van der Waals surface area contributed by atoms with E-state index in [1.165, 1.54) is 11.6 Å². The Hall–Kier alpha value is -0.600. The van der Waals surface area contributed by atoms with E-state index in [1.807, 2.05) is 12.1 Å². The molecule has 0 saturated heterocycles. The lowest BCUT2D eigenvalue weighted by Crippen LogP contribution is -2.00. The van der Waals surface area contributed by atoms with Gasteiger partial charge in [0, 0.05) is 0 Å². The zero-order valence-corrected chi connectivity index (χ0v) is 8.53. The van der Waals surface area contributed by atoms with E-state index < -0.39 is 0 Å². The quantitative estimate of drug-likeness (QED) is 0.803. The summed E-state index contributed by atoms with van der Waals surface area (Å²) in [6.45, 7) is 2.47. The Bertz CT molecular complexity index is 263. The lowest BCUT2D eigenvalue weighted by atomic mass is 10.1. The summed E-state index contributed by atoms with van der Waals surface area (Å²) in [4.78, 5) is 0. The van der Waals surface area contributed by atoms with Crippen molar-refractivity contribution in [3.05, 3.63) is 35.1 Å². The molecular weight excluding hydrogens is 189 g/mol. The van der Waals surface area contributed by atoms with E-state index in [0.717, 1.165) is 12.8 Å². The first-order chi connectivity index (χ1) is 5.74. The zero-order chi connectivity index (χ0) is 8.97. The van der Waals surface area contributed by atoms with Gasteiger partial charge in [0.15, 0.2) is 0 Å². The lowest BCUT2D eigenvalue weighted by molar-refractivity contribution is 0.617. The van der Waals surface area contributed by atoms with Crippen molar-refractivity contribution in [1.29, 1.82) is 0 Å². The fraction of sp³-hybridized carbons (Fsp3) is 0.400. The highest BCUT2D eigenvalue weighted by Crippen LogP contribution is 2.10. The van der Waals surface area contributed by atoms with Gasteiger partial charge in [-0.3, -0.25) is 0 Å². The Morgan fingerprint density at radius 1 is 1.38 bits per heavy atom. The van der Waals surface area contributed by atoms with E-state index in [1.54, 1.807) is 6.92 Å². The number of hydrogen-bond donors (Lipinski definition) is 1. The molecule has 0 aliphatic heterocycles. The number of aryl methyl sites for hydroxylation is 2. The molecular formula is C10H15ClFN. The molecule has 0 fully saturated rings. The predicted molar refractivity (Wildman–Crippen MR) is 55.8 cm³/mol. The van der Waals surface area contributed by atoms with Crippen molar-refractivity contribution < 1.29 is 4.39 Å². The summed E-state index contributed by atoms with van der Waals surface area (Å²) >= 11 is 0. The molecule has 13 heavy (non-hydrogen) atoms. The van der Waals surface area contributed by atoms with E-state index in [0.29, 0.717) is 12.1 Å². The van der Waals surface area contributed by atoms with Crippen molar-refractivity contribution in [3.63, 3.8) is 0 Å². The molecule has 0 saturated carbocycles. The van der Waals surface area contributed by atoms with Gasteiger partial charge in [0.05, 0.1) is 0 Å². The van der Waals surface area contributed by atoms with Crippen molar-refractivity contribution in [3.8, 4) is 0 Å². The average molecular weight is 204 g/mol. The summed E-state index contributed by atoms with van der Waals surface area (Å²) in [7, 11) is 0. The molecule has 0 heterocycles. The summed E-state index contributed by atoms with van der Waals surface area (Å²) < 4.78 is 12.8. The normalized spacial score (nSPS) is 9.46. The fourth-order valence-corrected chi connectivity index (χ4v) is 1.17. The Labute approximate surface area is 84.5 Å². The number of rotatable bonds is 3. The molecule has 0 amide bonds. The van der Waals surface area contributed by atoms with Crippen molar-refractivity contribution in [2.75, 3.05) is 6.54 Å². The first kappa shape index (κ1) is 12.4. The molecule has 0 aromatic heterocycles. The van der Waals surface area contributed by atoms with Gasteiger partial charge < -0.3 is 5.73 Å². The number of benzene rings is 1.